The molecule has 7 heteroatoms. The van der Waals surface area contributed by atoms with E-state index in [-0.39, 0.29) is 17.0 Å². The molecule has 0 fully saturated rings. The summed E-state index contributed by atoms with van der Waals surface area (Å²) in [7, 11) is 0. The summed E-state index contributed by atoms with van der Waals surface area (Å²) in [6.45, 7) is 4.64. The third-order valence-corrected chi connectivity index (χ3v) is 3.19. The second-order valence-corrected chi connectivity index (χ2v) is 5.29. The molecule has 0 aliphatic heterocycles. The molecule has 2 aromatic rings. The van der Waals surface area contributed by atoms with Crippen LogP contribution < -0.4 is 0 Å². The molecule has 0 unspecified atom stereocenters. The second kappa shape index (κ2) is 6.68. The Morgan fingerprint density at radius 3 is 2.57 bits per heavy atom. The maximum absolute atomic E-state index is 13.1. The Morgan fingerprint density at radius 2 is 1.96 bits per heavy atom. The van der Waals surface area contributed by atoms with E-state index in [9.17, 15) is 18.4 Å². The molecule has 23 heavy (non-hydrogen) atoms. The number of aryl methyl sites for hydroxylation is 1. The minimum atomic E-state index is -1.14. The molecule has 5 nitrogen and oxygen atoms in total. The molecule has 1 heterocycles. The summed E-state index contributed by atoms with van der Waals surface area (Å²) in [5, 5.41) is 3.71. The van der Waals surface area contributed by atoms with Crippen LogP contribution in [0, 0.1) is 18.6 Å². The van der Waals surface area contributed by atoms with Crippen molar-refractivity contribution in [2.75, 3.05) is 6.61 Å². The maximum Gasteiger partial charge on any atom is 0.344 e. The van der Waals surface area contributed by atoms with Crippen molar-refractivity contribution in [1.82, 2.24) is 5.16 Å². The Labute approximate surface area is 131 Å². The van der Waals surface area contributed by atoms with Gasteiger partial charge in [0.25, 0.3) is 0 Å². The van der Waals surface area contributed by atoms with Gasteiger partial charge in [-0.15, -0.1) is 0 Å². The van der Waals surface area contributed by atoms with Crippen LogP contribution in [0.25, 0.3) is 0 Å². The molecule has 1 aromatic carbocycles. The number of hydrogen-bond donors (Lipinski definition) is 0. The van der Waals surface area contributed by atoms with E-state index in [2.05, 4.69) is 5.16 Å². The molecule has 0 saturated heterocycles. The van der Waals surface area contributed by atoms with Crippen molar-refractivity contribution in [3.05, 3.63) is 52.4 Å². The number of ether oxygens (including phenoxy) is 1. The van der Waals surface area contributed by atoms with Crippen LogP contribution in [-0.2, 0) is 4.74 Å². The van der Waals surface area contributed by atoms with E-state index in [0.29, 0.717) is 11.5 Å². The molecule has 0 spiro atoms. The zero-order chi connectivity index (χ0) is 17.1. The van der Waals surface area contributed by atoms with Crippen molar-refractivity contribution in [3.8, 4) is 0 Å². The van der Waals surface area contributed by atoms with Crippen LogP contribution in [0.4, 0.5) is 8.78 Å². The first kappa shape index (κ1) is 16.8. The molecule has 0 atom stereocenters. The van der Waals surface area contributed by atoms with Gasteiger partial charge >= 0.3 is 5.97 Å². The highest BCUT2D eigenvalue weighted by molar-refractivity contribution is 5.99. The van der Waals surface area contributed by atoms with Crippen molar-refractivity contribution in [3.63, 3.8) is 0 Å². The van der Waals surface area contributed by atoms with E-state index in [4.69, 9.17) is 9.26 Å². The first-order chi connectivity index (χ1) is 10.8. The summed E-state index contributed by atoms with van der Waals surface area (Å²) >= 11 is 0. The number of ketones is 1. The summed E-state index contributed by atoms with van der Waals surface area (Å²) < 4.78 is 35.9. The normalized spacial score (nSPS) is 10.9. The lowest BCUT2D eigenvalue weighted by Gasteiger charge is -2.06. The number of rotatable bonds is 5. The number of aromatic nitrogens is 1. The van der Waals surface area contributed by atoms with Gasteiger partial charge < -0.3 is 9.26 Å². The molecule has 1 aromatic heterocycles. The number of nitrogens with zero attached hydrogens (tertiary/aromatic N) is 1. The number of esters is 1. The average Bonchev–Trinajstić information content (AvgIpc) is 2.89. The Kier molecular flexibility index (Phi) is 4.88. The van der Waals surface area contributed by atoms with E-state index in [0.717, 1.165) is 18.2 Å². The highest BCUT2D eigenvalue weighted by Gasteiger charge is 2.24. The van der Waals surface area contributed by atoms with E-state index in [1.807, 2.05) is 13.8 Å². The molecule has 0 radical (unpaired) electrons. The smallest absolute Gasteiger partial charge is 0.344 e. The van der Waals surface area contributed by atoms with Crippen molar-refractivity contribution in [2.24, 2.45) is 0 Å². The maximum atomic E-state index is 13.1. The summed E-state index contributed by atoms with van der Waals surface area (Å²) in [5.74, 6) is -3.30. The first-order valence-electron chi connectivity index (χ1n) is 6.92. The van der Waals surface area contributed by atoms with Crippen molar-refractivity contribution in [1.29, 1.82) is 0 Å². The van der Waals surface area contributed by atoms with Gasteiger partial charge in [0, 0.05) is 11.5 Å². The van der Waals surface area contributed by atoms with Crippen molar-refractivity contribution in [2.45, 2.75) is 26.7 Å². The van der Waals surface area contributed by atoms with Gasteiger partial charge in [-0.2, -0.15) is 0 Å². The molecule has 0 saturated carbocycles. The van der Waals surface area contributed by atoms with Crippen LogP contribution in [0.5, 0.6) is 0 Å². The summed E-state index contributed by atoms with van der Waals surface area (Å²) in [4.78, 5) is 24.0. The standard InChI is InChI=1S/C16H15F2NO4/c1-8(2)15-14(9(3)19-23-15)16(21)22-7-13(20)10-4-5-11(17)12(18)6-10/h4-6,8H,7H2,1-3H3. The lowest BCUT2D eigenvalue weighted by molar-refractivity contribution is 0.0471. The van der Waals surface area contributed by atoms with Gasteiger partial charge in [0.2, 0.25) is 0 Å². The minimum Gasteiger partial charge on any atom is -0.454 e. The predicted octanol–water partition coefficient (Wildman–Crippen LogP) is 3.42. The highest BCUT2D eigenvalue weighted by atomic mass is 19.2. The fourth-order valence-electron chi connectivity index (χ4n) is 1.99. The number of carbonyl (C=O) groups is 2. The molecule has 0 N–H and O–H groups in total. The SMILES string of the molecule is Cc1noc(C(C)C)c1C(=O)OCC(=O)c1ccc(F)c(F)c1. The monoisotopic (exact) mass is 323 g/mol. The lowest BCUT2D eigenvalue weighted by atomic mass is 10.1. The quantitative estimate of drug-likeness (QED) is 0.623. The van der Waals surface area contributed by atoms with Gasteiger partial charge in [-0.25, -0.2) is 13.6 Å². The molecule has 0 aliphatic carbocycles. The Balaban J connectivity index is 2.08. The van der Waals surface area contributed by atoms with Crippen LogP contribution in [0.15, 0.2) is 22.7 Å². The van der Waals surface area contributed by atoms with Crippen molar-refractivity contribution < 1.29 is 27.6 Å². The van der Waals surface area contributed by atoms with Crippen LogP contribution >= 0.6 is 0 Å². The molecule has 0 bridgehead atoms. The van der Waals surface area contributed by atoms with Gasteiger partial charge in [-0.3, -0.25) is 4.79 Å². The van der Waals surface area contributed by atoms with Crippen LogP contribution in [0.3, 0.4) is 0 Å². The Hall–Kier alpha value is -2.57. The molecule has 122 valence electrons. The van der Waals surface area contributed by atoms with E-state index in [1.165, 1.54) is 0 Å². The Morgan fingerprint density at radius 1 is 1.26 bits per heavy atom. The van der Waals surface area contributed by atoms with Gasteiger partial charge in [-0.1, -0.05) is 19.0 Å². The second-order valence-electron chi connectivity index (χ2n) is 5.29. The van der Waals surface area contributed by atoms with Crippen molar-refractivity contribution >= 4 is 11.8 Å². The van der Waals surface area contributed by atoms with Crippen LogP contribution in [0.2, 0.25) is 0 Å². The number of halogens is 2. The number of Topliss-reactive ketones (excluding diaryl/α,β-unsaturated/α-hetero) is 1. The van der Waals surface area contributed by atoms with Gasteiger partial charge in [0.1, 0.15) is 5.56 Å². The first-order valence-corrected chi connectivity index (χ1v) is 6.92. The third kappa shape index (κ3) is 3.61. The van der Waals surface area contributed by atoms with Crippen LogP contribution in [0.1, 0.15) is 51.9 Å². The number of hydrogen-bond acceptors (Lipinski definition) is 5. The minimum absolute atomic E-state index is 0.0807. The number of carbonyl (C=O) groups excluding carboxylic acids is 2. The third-order valence-electron chi connectivity index (χ3n) is 3.19. The molecular weight excluding hydrogens is 308 g/mol. The predicted molar refractivity (Wildman–Crippen MR) is 76.3 cm³/mol. The van der Waals surface area contributed by atoms with Crippen LogP contribution in [-0.4, -0.2) is 23.5 Å². The summed E-state index contributed by atoms with van der Waals surface area (Å²) in [6, 6.07) is 2.72. The van der Waals surface area contributed by atoms with E-state index >= 15 is 0 Å². The topological polar surface area (TPSA) is 69.4 Å². The molecular formula is C16H15F2NO4. The van der Waals surface area contributed by atoms with Gasteiger partial charge in [0.05, 0.1) is 5.69 Å². The molecule has 2 rings (SSSR count). The zero-order valence-electron chi connectivity index (χ0n) is 12.9. The average molecular weight is 323 g/mol. The zero-order valence-corrected chi connectivity index (χ0v) is 12.9. The molecule has 0 aliphatic rings. The number of benzene rings is 1. The van der Waals surface area contributed by atoms with Gasteiger partial charge in [0.15, 0.2) is 29.8 Å². The highest BCUT2D eigenvalue weighted by Crippen LogP contribution is 2.23. The summed E-state index contributed by atoms with van der Waals surface area (Å²) in [6.07, 6.45) is 0. The summed E-state index contributed by atoms with van der Waals surface area (Å²) in [5.41, 5.74) is 0.458. The molecule has 0 amide bonds. The van der Waals surface area contributed by atoms with E-state index < -0.39 is 30.0 Å². The lowest BCUT2D eigenvalue weighted by Crippen LogP contribution is -2.16. The fraction of sp³-hybridized carbons (Fsp3) is 0.312. The largest absolute Gasteiger partial charge is 0.454 e. The van der Waals surface area contributed by atoms with Gasteiger partial charge in [-0.05, 0) is 25.1 Å². The Bertz CT molecular complexity index is 753. The fourth-order valence-corrected chi connectivity index (χ4v) is 1.99. The van der Waals surface area contributed by atoms with E-state index in [1.54, 1.807) is 6.92 Å².